The largest absolute Gasteiger partial charge is 0.341 e. The number of hydrogen-bond acceptors (Lipinski definition) is 2. The van der Waals surface area contributed by atoms with Crippen molar-refractivity contribution in [2.45, 2.75) is 57.8 Å². The van der Waals surface area contributed by atoms with Gasteiger partial charge in [0, 0.05) is 32.1 Å². The molecule has 0 aromatic heterocycles. The molecule has 0 aromatic carbocycles. The zero-order valence-corrected chi connectivity index (χ0v) is 14.7. The summed E-state index contributed by atoms with van der Waals surface area (Å²) >= 11 is 0. The summed E-state index contributed by atoms with van der Waals surface area (Å²) in [6.07, 6.45) is 10.7. The molecular weight excluding hydrogens is 300 g/mol. The quantitative estimate of drug-likeness (QED) is 0.781. The second-order valence-corrected chi connectivity index (χ2v) is 9.44. The predicted molar refractivity (Wildman–Crippen MR) is 91.1 cm³/mol. The maximum atomic E-state index is 13.4. The van der Waals surface area contributed by atoms with E-state index in [4.69, 9.17) is 0 Å². The Kier molecular flexibility index (Phi) is 3.47. The molecule has 6 rings (SSSR count). The number of amides is 2. The van der Waals surface area contributed by atoms with Crippen molar-refractivity contribution >= 4 is 11.8 Å². The van der Waals surface area contributed by atoms with Crippen LogP contribution >= 0.6 is 0 Å². The Balaban J connectivity index is 1.28. The standard InChI is InChI=1S/C20H30N2O2/c23-18(17-2-3-17)21-4-1-5-22(7-6-21)19(24)20-11-14-8-15(12-20)10-16(9-14)13-20/h14-17H,1-13H2. The molecule has 1 heterocycles. The molecule has 4 nitrogen and oxygen atoms in total. The van der Waals surface area contributed by atoms with Gasteiger partial charge in [-0.25, -0.2) is 0 Å². The van der Waals surface area contributed by atoms with E-state index in [1.807, 2.05) is 4.90 Å². The lowest BCUT2D eigenvalue weighted by Gasteiger charge is -2.56. The van der Waals surface area contributed by atoms with Crippen molar-refractivity contribution in [1.29, 1.82) is 0 Å². The molecule has 0 unspecified atom stereocenters. The Morgan fingerprint density at radius 1 is 0.750 bits per heavy atom. The summed E-state index contributed by atoms with van der Waals surface area (Å²) in [7, 11) is 0. The van der Waals surface area contributed by atoms with Crippen LogP contribution in [-0.2, 0) is 9.59 Å². The zero-order chi connectivity index (χ0) is 16.3. The Bertz CT molecular complexity index is 519. The highest BCUT2D eigenvalue weighted by Gasteiger charge is 2.55. The lowest BCUT2D eigenvalue weighted by atomic mass is 9.49. The summed E-state index contributed by atoms with van der Waals surface area (Å²) in [4.78, 5) is 29.9. The highest BCUT2D eigenvalue weighted by Crippen LogP contribution is 2.60. The van der Waals surface area contributed by atoms with Crippen LogP contribution in [0, 0.1) is 29.1 Å². The van der Waals surface area contributed by atoms with Gasteiger partial charge in [0.15, 0.2) is 0 Å². The van der Waals surface area contributed by atoms with Gasteiger partial charge in [0.25, 0.3) is 0 Å². The van der Waals surface area contributed by atoms with E-state index in [0.717, 1.165) is 82.5 Å². The van der Waals surface area contributed by atoms with Crippen molar-refractivity contribution in [2.75, 3.05) is 26.2 Å². The van der Waals surface area contributed by atoms with Crippen LogP contribution in [0.2, 0.25) is 0 Å². The van der Waals surface area contributed by atoms with Crippen molar-refractivity contribution < 1.29 is 9.59 Å². The second-order valence-electron chi connectivity index (χ2n) is 9.44. The highest BCUT2D eigenvalue weighted by molar-refractivity contribution is 5.84. The van der Waals surface area contributed by atoms with E-state index in [1.54, 1.807) is 0 Å². The van der Waals surface area contributed by atoms with E-state index in [2.05, 4.69) is 4.90 Å². The van der Waals surface area contributed by atoms with Gasteiger partial charge in [-0.15, -0.1) is 0 Å². The van der Waals surface area contributed by atoms with Crippen molar-refractivity contribution in [3.8, 4) is 0 Å². The molecule has 1 saturated heterocycles. The number of carbonyl (C=O) groups is 2. The fourth-order valence-electron chi connectivity index (χ4n) is 6.64. The number of carbonyl (C=O) groups excluding carboxylic acids is 2. The third-order valence-corrected chi connectivity index (χ3v) is 7.51. The summed E-state index contributed by atoms with van der Waals surface area (Å²) in [5.74, 6) is 3.55. The van der Waals surface area contributed by atoms with E-state index in [1.165, 1.54) is 19.3 Å². The maximum Gasteiger partial charge on any atom is 0.228 e. The molecular formula is C20H30N2O2. The van der Waals surface area contributed by atoms with Crippen LogP contribution in [0.4, 0.5) is 0 Å². The average Bonchev–Trinajstić information content (AvgIpc) is 3.39. The first kappa shape index (κ1) is 15.2. The molecule has 2 amide bonds. The van der Waals surface area contributed by atoms with Crippen LogP contribution in [0.25, 0.3) is 0 Å². The fraction of sp³-hybridized carbons (Fsp3) is 0.900. The Labute approximate surface area is 144 Å². The number of nitrogens with zero attached hydrogens (tertiary/aromatic N) is 2. The summed E-state index contributed by atoms with van der Waals surface area (Å²) in [6.45, 7) is 3.22. The molecule has 0 atom stereocenters. The third kappa shape index (κ3) is 2.48. The zero-order valence-electron chi connectivity index (χ0n) is 14.7. The van der Waals surface area contributed by atoms with Gasteiger partial charge in [0.1, 0.15) is 0 Å². The lowest BCUT2D eigenvalue weighted by Crippen LogP contribution is -2.55. The molecule has 4 bridgehead atoms. The SMILES string of the molecule is O=C(C1CC1)N1CCCN(C(=O)C23CC4CC(CC(C4)C2)C3)CC1. The molecule has 0 N–H and O–H groups in total. The van der Waals surface area contributed by atoms with Crippen molar-refractivity contribution in [3.05, 3.63) is 0 Å². The van der Waals surface area contributed by atoms with Gasteiger partial charge in [-0.1, -0.05) is 0 Å². The Morgan fingerprint density at radius 2 is 1.29 bits per heavy atom. The van der Waals surface area contributed by atoms with Crippen molar-refractivity contribution in [3.63, 3.8) is 0 Å². The second kappa shape index (κ2) is 5.47. The topological polar surface area (TPSA) is 40.6 Å². The molecule has 6 fully saturated rings. The molecule has 132 valence electrons. The molecule has 5 aliphatic carbocycles. The van der Waals surface area contributed by atoms with E-state index in [-0.39, 0.29) is 5.41 Å². The summed E-state index contributed by atoms with van der Waals surface area (Å²) < 4.78 is 0. The van der Waals surface area contributed by atoms with Gasteiger partial charge in [-0.3, -0.25) is 9.59 Å². The molecule has 24 heavy (non-hydrogen) atoms. The van der Waals surface area contributed by atoms with Crippen LogP contribution in [0.1, 0.15) is 57.8 Å². The number of rotatable bonds is 2. The lowest BCUT2D eigenvalue weighted by molar-refractivity contribution is -0.157. The fourth-order valence-corrected chi connectivity index (χ4v) is 6.64. The van der Waals surface area contributed by atoms with Crippen LogP contribution in [0.15, 0.2) is 0 Å². The molecule has 4 heteroatoms. The number of hydrogen-bond donors (Lipinski definition) is 0. The first-order valence-corrected chi connectivity index (χ1v) is 10.2. The maximum absolute atomic E-state index is 13.4. The Morgan fingerprint density at radius 3 is 1.88 bits per heavy atom. The van der Waals surface area contributed by atoms with E-state index in [9.17, 15) is 9.59 Å². The smallest absolute Gasteiger partial charge is 0.228 e. The molecule has 6 aliphatic rings. The minimum absolute atomic E-state index is 0.0234. The van der Waals surface area contributed by atoms with Gasteiger partial charge in [0.2, 0.25) is 11.8 Å². The molecule has 1 aliphatic heterocycles. The molecule has 5 saturated carbocycles. The van der Waals surface area contributed by atoms with Crippen LogP contribution in [0.3, 0.4) is 0 Å². The van der Waals surface area contributed by atoms with Gasteiger partial charge < -0.3 is 9.80 Å². The van der Waals surface area contributed by atoms with E-state index >= 15 is 0 Å². The van der Waals surface area contributed by atoms with Crippen molar-refractivity contribution in [1.82, 2.24) is 9.80 Å². The first-order valence-electron chi connectivity index (χ1n) is 10.2. The summed E-state index contributed by atoms with van der Waals surface area (Å²) in [6, 6.07) is 0. The van der Waals surface area contributed by atoms with Gasteiger partial charge in [0.05, 0.1) is 5.41 Å². The van der Waals surface area contributed by atoms with Gasteiger partial charge in [-0.2, -0.15) is 0 Å². The first-order chi connectivity index (χ1) is 11.6. The highest BCUT2D eigenvalue weighted by atomic mass is 16.2. The minimum atomic E-state index is -0.0234. The normalized spacial score (nSPS) is 41.4. The third-order valence-electron chi connectivity index (χ3n) is 7.51. The van der Waals surface area contributed by atoms with Crippen LogP contribution in [-0.4, -0.2) is 47.8 Å². The summed E-state index contributed by atoms with van der Waals surface area (Å²) in [5.41, 5.74) is -0.0234. The van der Waals surface area contributed by atoms with Crippen molar-refractivity contribution in [2.24, 2.45) is 29.1 Å². The van der Waals surface area contributed by atoms with E-state index in [0.29, 0.717) is 17.7 Å². The van der Waals surface area contributed by atoms with Gasteiger partial charge >= 0.3 is 0 Å². The van der Waals surface area contributed by atoms with Crippen LogP contribution < -0.4 is 0 Å². The molecule has 0 aromatic rings. The molecule has 0 spiro atoms. The Hall–Kier alpha value is -1.06. The average molecular weight is 330 g/mol. The monoisotopic (exact) mass is 330 g/mol. The van der Waals surface area contributed by atoms with Crippen LogP contribution in [0.5, 0.6) is 0 Å². The predicted octanol–water partition coefficient (Wildman–Crippen LogP) is 2.67. The molecule has 0 radical (unpaired) electrons. The summed E-state index contributed by atoms with van der Waals surface area (Å²) in [5, 5.41) is 0. The van der Waals surface area contributed by atoms with Gasteiger partial charge in [-0.05, 0) is 75.5 Å². The minimum Gasteiger partial charge on any atom is -0.341 e. The van der Waals surface area contributed by atoms with E-state index < -0.39 is 0 Å².